The van der Waals surface area contributed by atoms with E-state index < -0.39 is 5.56 Å². The maximum absolute atomic E-state index is 11.9. The molecule has 19 heavy (non-hydrogen) atoms. The summed E-state index contributed by atoms with van der Waals surface area (Å²) in [6, 6.07) is 0. The van der Waals surface area contributed by atoms with Crippen LogP contribution in [0.4, 0.5) is 5.69 Å². The third-order valence-electron chi connectivity index (χ3n) is 2.52. The first kappa shape index (κ1) is 13.5. The van der Waals surface area contributed by atoms with Crippen molar-refractivity contribution >= 4 is 17.3 Å². The van der Waals surface area contributed by atoms with Gasteiger partial charge in [0.2, 0.25) is 5.89 Å². The van der Waals surface area contributed by atoms with Gasteiger partial charge in [0.05, 0.1) is 11.9 Å². The highest BCUT2D eigenvalue weighted by atomic mass is 35.5. The second-order valence-corrected chi connectivity index (χ2v) is 4.67. The molecule has 2 aromatic heterocycles. The summed E-state index contributed by atoms with van der Waals surface area (Å²) >= 11 is 5.92. The first-order chi connectivity index (χ1) is 9.02. The Bertz CT molecular complexity index is 634. The molecule has 0 spiro atoms. The quantitative estimate of drug-likeness (QED) is 0.915. The average Bonchev–Trinajstić information content (AvgIpc) is 2.84. The van der Waals surface area contributed by atoms with Crippen LogP contribution in [0.15, 0.2) is 15.5 Å². The molecule has 0 saturated carbocycles. The molecule has 2 aromatic rings. The van der Waals surface area contributed by atoms with Crippen LogP contribution in [-0.4, -0.2) is 27.0 Å². The van der Waals surface area contributed by atoms with E-state index in [1.807, 2.05) is 13.8 Å². The molecule has 0 radical (unpaired) electrons. The summed E-state index contributed by atoms with van der Waals surface area (Å²) in [4.78, 5) is 16.1. The summed E-state index contributed by atoms with van der Waals surface area (Å²) in [5.41, 5.74) is 0.0864. The van der Waals surface area contributed by atoms with Crippen LogP contribution in [0.3, 0.4) is 0 Å². The highest BCUT2D eigenvalue weighted by Crippen LogP contribution is 2.14. The fourth-order valence-corrected chi connectivity index (χ4v) is 1.69. The summed E-state index contributed by atoms with van der Waals surface area (Å²) in [7, 11) is 1.67. The van der Waals surface area contributed by atoms with Crippen molar-refractivity contribution in [3.63, 3.8) is 0 Å². The van der Waals surface area contributed by atoms with E-state index in [1.54, 1.807) is 7.05 Å². The minimum absolute atomic E-state index is 0.0880. The van der Waals surface area contributed by atoms with Crippen molar-refractivity contribution in [3.8, 4) is 0 Å². The number of anilines is 1. The van der Waals surface area contributed by atoms with E-state index in [0.717, 1.165) is 0 Å². The van der Waals surface area contributed by atoms with Crippen molar-refractivity contribution in [2.45, 2.75) is 26.3 Å². The van der Waals surface area contributed by atoms with E-state index in [0.29, 0.717) is 17.4 Å². The molecule has 0 fully saturated rings. The van der Waals surface area contributed by atoms with E-state index >= 15 is 0 Å². The molecule has 0 aromatic carbocycles. The lowest BCUT2D eigenvalue weighted by molar-refractivity contribution is 0.359. The van der Waals surface area contributed by atoms with Crippen molar-refractivity contribution in [1.29, 1.82) is 0 Å². The van der Waals surface area contributed by atoms with Gasteiger partial charge < -0.3 is 9.84 Å². The molecule has 0 unspecified atom stereocenters. The fraction of sp³-hybridized carbons (Fsp3) is 0.455. The maximum atomic E-state index is 11.9. The zero-order valence-electron chi connectivity index (χ0n) is 10.8. The van der Waals surface area contributed by atoms with Crippen LogP contribution in [0.2, 0.25) is 5.02 Å². The van der Waals surface area contributed by atoms with Gasteiger partial charge >= 0.3 is 0 Å². The second kappa shape index (κ2) is 5.40. The van der Waals surface area contributed by atoms with Gasteiger partial charge in [-0.05, 0) is 0 Å². The van der Waals surface area contributed by atoms with E-state index in [-0.39, 0.29) is 17.5 Å². The predicted octanol–water partition coefficient (Wildman–Crippen LogP) is 1.49. The van der Waals surface area contributed by atoms with Crippen molar-refractivity contribution in [1.82, 2.24) is 19.9 Å². The van der Waals surface area contributed by atoms with Gasteiger partial charge in [0.15, 0.2) is 5.82 Å². The Kier molecular flexibility index (Phi) is 3.84. The molecule has 0 aliphatic carbocycles. The molecule has 0 aliphatic heterocycles. The Hall–Kier alpha value is -1.89. The highest BCUT2D eigenvalue weighted by Gasteiger charge is 2.13. The maximum Gasteiger partial charge on any atom is 0.288 e. The van der Waals surface area contributed by atoms with E-state index in [4.69, 9.17) is 16.1 Å². The average molecular weight is 284 g/mol. The number of hydrogen-bond donors (Lipinski definition) is 1. The summed E-state index contributed by atoms with van der Waals surface area (Å²) in [5.74, 6) is 1.06. The molecule has 0 atom stereocenters. The van der Waals surface area contributed by atoms with Crippen LogP contribution in [0.1, 0.15) is 31.5 Å². The molecule has 0 amide bonds. The number of nitrogens with one attached hydrogen (secondary N) is 1. The Balaban J connectivity index is 2.28. The Labute approximate surface area is 114 Å². The van der Waals surface area contributed by atoms with Gasteiger partial charge in [-0.25, -0.2) is 4.68 Å². The lowest BCUT2D eigenvalue weighted by Gasteiger charge is -2.05. The van der Waals surface area contributed by atoms with Gasteiger partial charge in [-0.3, -0.25) is 4.79 Å². The smallest absolute Gasteiger partial charge is 0.288 e. The standard InChI is InChI=1S/C11H14ClN5O2/c1-6(2)10-15-8(16-19-10)5-17-11(18)9(12)7(13-3)4-14-17/h4,6,13H,5H2,1-3H3. The number of nitrogens with zero attached hydrogens (tertiary/aromatic N) is 4. The molecule has 0 saturated heterocycles. The Morgan fingerprint density at radius 1 is 1.53 bits per heavy atom. The third kappa shape index (κ3) is 2.76. The van der Waals surface area contributed by atoms with Crippen LogP contribution >= 0.6 is 11.6 Å². The van der Waals surface area contributed by atoms with Crippen LogP contribution in [0.5, 0.6) is 0 Å². The number of halogens is 1. The summed E-state index contributed by atoms with van der Waals surface area (Å²) in [6.45, 7) is 4.01. The Morgan fingerprint density at radius 2 is 2.26 bits per heavy atom. The minimum Gasteiger partial charge on any atom is -0.385 e. The normalized spacial score (nSPS) is 11.0. The van der Waals surface area contributed by atoms with E-state index in [9.17, 15) is 4.79 Å². The molecule has 102 valence electrons. The molecule has 0 bridgehead atoms. The monoisotopic (exact) mass is 283 g/mol. The van der Waals surface area contributed by atoms with Gasteiger partial charge in [0.25, 0.3) is 5.56 Å². The molecular formula is C11H14ClN5O2. The van der Waals surface area contributed by atoms with Crippen LogP contribution in [-0.2, 0) is 6.54 Å². The predicted molar refractivity (Wildman–Crippen MR) is 70.5 cm³/mol. The molecule has 7 nitrogen and oxygen atoms in total. The molecule has 8 heteroatoms. The molecular weight excluding hydrogens is 270 g/mol. The lowest BCUT2D eigenvalue weighted by Crippen LogP contribution is -2.25. The number of aromatic nitrogens is 4. The summed E-state index contributed by atoms with van der Waals surface area (Å²) in [6.07, 6.45) is 1.48. The zero-order chi connectivity index (χ0) is 14.0. The van der Waals surface area contributed by atoms with Gasteiger partial charge in [-0.1, -0.05) is 30.6 Å². The summed E-state index contributed by atoms with van der Waals surface area (Å²) < 4.78 is 6.26. The summed E-state index contributed by atoms with van der Waals surface area (Å²) in [5, 5.41) is 10.7. The largest absolute Gasteiger partial charge is 0.385 e. The topological polar surface area (TPSA) is 85.8 Å². The number of rotatable bonds is 4. The van der Waals surface area contributed by atoms with Gasteiger partial charge in [-0.15, -0.1) is 0 Å². The van der Waals surface area contributed by atoms with E-state index in [1.165, 1.54) is 10.9 Å². The highest BCUT2D eigenvalue weighted by molar-refractivity contribution is 6.32. The number of hydrogen-bond acceptors (Lipinski definition) is 6. The first-order valence-electron chi connectivity index (χ1n) is 5.78. The minimum atomic E-state index is -0.399. The Morgan fingerprint density at radius 3 is 2.84 bits per heavy atom. The lowest BCUT2D eigenvalue weighted by atomic mass is 10.2. The zero-order valence-corrected chi connectivity index (χ0v) is 11.6. The van der Waals surface area contributed by atoms with Crippen molar-refractivity contribution in [3.05, 3.63) is 33.3 Å². The molecule has 1 N–H and O–H groups in total. The van der Waals surface area contributed by atoms with Crippen LogP contribution in [0, 0.1) is 0 Å². The van der Waals surface area contributed by atoms with Gasteiger partial charge in [0.1, 0.15) is 11.6 Å². The molecule has 2 heterocycles. The molecule has 0 aliphatic rings. The molecule has 2 rings (SSSR count). The van der Waals surface area contributed by atoms with Crippen LogP contribution in [0.25, 0.3) is 0 Å². The first-order valence-corrected chi connectivity index (χ1v) is 6.16. The van der Waals surface area contributed by atoms with Crippen LogP contribution < -0.4 is 10.9 Å². The van der Waals surface area contributed by atoms with Crippen molar-refractivity contribution < 1.29 is 4.52 Å². The van der Waals surface area contributed by atoms with E-state index in [2.05, 4.69) is 20.6 Å². The van der Waals surface area contributed by atoms with Crippen molar-refractivity contribution in [2.24, 2.45) is 0 Å². The van der Waals surface area contributed by atoms with Crippen molar-refractivity contribution in [2.75, 3.05) is 12.4 Å². The third-order valence-corrected chi connectivity index (χ3v) is 2.89. The SMILES string of the molecule is CNc1cnn(Cc2noc(C(C)C)n2)c(=O)c1Cl. The van der Waals surface area contributed by atoms with Gasteiger partial charge in [0, 0.05) is 13.0 Å². The second-order valence-electron chi connectivity index (χ2n) is 4.29. The van der Waals surface area contributed by atoms with Gasteiger partial charge in [-0.2, -0.15) is 10.1 Å². The fourth-order valence-electron chi connectivity index (χ4n) is 1.45.